The largest absolute Gasteiger partial charge is 0.423 e. The number of ether oxygens (including phenoxy) is 1. The molecule has 128 valence electrons. The summed E-state index contributed by atoms with van der Waals surface area (Å²) in [6.45, 7) is 0. The lowest BCUT2D eigenvalue weighted by atomic mass is 10.1. The Bertz CT molecular complexity index is 921. The molecule has 1 aromatic heterocycles. The number of hydrogen-bond donors (Lipinski definition) is 0. The van der Waals surface area contributed by atoms with E-state index >= 15 is 0 Å². The molecular weight excluding hydrogens is 344 g/mol. The fourth-order valence-electron chi connectivity index (χ4n) is 2.21. The first kappa shape index (κ1) is 17.6. The zero-order valence-electron chi connectivity index (χ0n) is 13.9. The first-order chi connectivity index (χ1) is 12.7. The van der Waals surface area contributed by atoms with Crippen LogP contribution < -0.4 is 4.74 Å². The van der Waals surface area contributed by atoms with Crippen LogP contribution in [0.15, 0.2) is 84.3 Å². The average molecular weight is 360 g/mol. The molecule has 3 nitrogen and oxygen atoms in total. The third-order valence-electron chi connectivity index (χ3n) is 3.51. The van der Waals surface area contributed by atoms with Gasteiger partial charge in [0.1, 0.15) is 5.75 Å². The smallest absolute Gasteiger partial charge is 0.336 e. The lowest BCUT2D eigenvalue weighted by Gasteiger charge is -2.02. The molecule has 0 radical (unpaired) electrons. The van der Waals surface area contributed by atoms with Crippen molar-refractivity contribution in [2.24, 2.45) is 0 Å². The van der Waals surface area contributed by atoms with Crippen LogP contribution in [0.4, 0.5) is 0 Å². The van der Waals surface area contributed by atoms with Gasteiger partial charge < -0.3 is 4.74 Å². The van der Waals surface area contributed by atoms with Crippen molar-refractivity contribution in [3.8, 4) is 5.75 Å². The molecule has 2 aromatic carbocycles. The van der Waals surface area contributed by atoms with Crippen LogP contribution in [0.5, 0.6) is 5.75 Å². The Morgan fingerprint density at radius 3 is 2.27 bits per heavy atom. The van der Waals surface area contributed by atoms with Crippen molar-refractivity contribution < 1.29 is 14.3 Å². The number of thiophene rings is 1. The van der Waals surface area contributed by atoms with E-state index in [4.69, 9.17) is 4.74 Å². The van der Waals surface area contributed by atoms with Crippen molar-refractivity contribution in [2.75, 3.05) is 0 Å². The molecule has 0 aliphatic heterocycles. The zero-order valence-corrected chi connectivity index (χ0v) is 14.7. The van der Waals surface area contributed by atoms with Gasteiger partial charge in [-0.1, -0.05) is 36.4 Å². The van der Waals surface area contributed by atoms with Crippen LogP contribution in [-0.4, -0.2) is 11.8 Å². The van der Waals surface area contributed by atoms with E-state index in [0.717, 1.165) is 10.4 Å². The fourth-order valence-corrected chi connectivity index (χ4v) is 2.82. The molecule has 4 heteroatoms. The number of benzene rings is 2. The Kier molecular flexibility index (Phi) is 5.91. The zero-order chi connectivity index (χ0) is 18.2. The highest BCUT2D eigenvalue weighted by Crippen LogP contribution is 2.15. The number of ketones is 1. The van der Waals surface area contributed by atoms with Gasteiger partial charge in [-0.05, 0) is 59.5 Å². The second-order valence-electron chi connectivity index (χ2n) is 5.40. The summed E-state index contributed by atoms with van der Waals surface area (Å²) in [5.74, 6) is -0.169. The van der Waals surface area contributed by atoms with Crippen LogP contribution in [0.1, 0.15) is 20.8 Å². The third-order valence-corrected chi connectivity index (χ3v) is 4.35. The Morgan fingerprint density at radius 1 is 0.808 bits per heavy atom. The van der Waals surface area contributed by atoms with E-state index in [2.05, 4.69) is 0 Å². The molecule has 3 rings (SSSR count). The minimum Gasteiger partial charge on any atom is -0.423 e. The van der Waals surface area contributed by atoms with Crippen molar-refractivity contribution in [1.29, 1.82) is 0 Å². The molecule has 3 aromatic rings. The summed E-state index contributed by atoms with van der Waals surface area (Å²) in [6.07, 6.45) is 6.39. The summed E-state index contributed by atoms with van der Waals surface area (Å²) in [6, 6.07) is 19.9. The molecule has 26 heavy (non-hydrogen) atoms. The van der Waals surface area contributed by atoms with E-state index in [1.165, 1.54) is 12.2 Å². The van der Waals surface area contributed by atoms with Gasteiger partial charge in [-0.2, -0.15) is 0 Å². The third kappa shape index (κ3) is 5.13. The molecule has 0 N–H and O–H groups in total. The van der Waals surface area contributed by atoms with Gasteiger partial charge >= 0.3 is 5.97 Å². The maximum atomic E-state index is 12.1. The summed E-state index contributed by atoms with van der Waals surface area (Å²) in [5.41, 5.74) is 1.46. The van der Waals surface area contributed by atoms with E-state index in [9.17, 15) is 9.59 Å². The van der Waals surface area contributed by atoms with Crippen LogP contribution in [0.2, 0.25) is 0 Å². The highest BCUT2D eigenvalue weighted by Gasteiger charge is 2.04. The summed E-state index contributed by atoms with van der Waals surface area (Å²) in [7, 11) is 0. The summed E-state index contributed by atoms with van der Waals surface area (Å²) < 4.78 is 5.24. The Morgan fingerprint density at radius 2 is 1.58 bits per heavy atom. The topological polar surface area (TPSA) is 43.4 Å². The van der Waals surface area contributed by atoms with Crippen molar-refractivity contribution >= 4 is 35.2 Å². The Labute approximate surface area is 155 Å². The predicted octanol–water partition coefficient (Wildman–Crippen LogP) is 5.26. The van der Waals surface area contributed by atoms with Crippen LogP contribution in [0.3, 0.4) is 0 Å². The van der Waals surface area contributed by atoms with Crippen molar-refractivity contribution in [3.63, 3.8) is 0 Å². The fraction of sp³-hybridized carbons (Fsp3) is 0. The number of carbonyl (C=O) groups excluding carboxylic acids is 2. The van der Waals surface area contributed by atoms with Gasteiger partial charge in [-0.3, -0.25) is 4.79 Å². The summed E-state index contributed by atoms with van der Waals surface area (Å²) in [4.78, 5) is 25.0. The summed E-state index contributed by atoms with van der Waals surface area (Å²) >= 11 is 1.57. The SMILES string of the molecule is O=C(/C=C/c1ccccc1)Oc1ccc(C(=O)/C=C\c2cccs2)cc1. The molecule has 1 heterocycles. The molecule has 0 fully saturated rings. The van der Waals surface area contributed by atoms with Crippen LogP contribution >= 0.6 is 11.3 Å². The normalized spacial score (nSPS) is 11.1. The highest BCUT2D eigenvalue weighted by molar-refractivity contribution is 7.10. The number of carbonyl (C=O) groups is 2. The maximum absolute atomic E-state index is 12.1. The monoisotopic (exact) mass is 360 g/mol. The molecule has 0 atom stereocenters. The number of esters is 1. The number of allylic oxidation sites excluding steroid dienone is 1. The van der Waals surface area contributed by atoms with Gasteiger partial charge in [-0.25, -0.2) is 4.79 Å². The van der Waals surface area contributed by atoms with Gasteiger partial charge in [0.15, 0.2) is 5.78 Å². The predicted molar refractivity (Wildman–Crippen MR) is 105 cm³/mol. The van der Waals surface area contributed by atoms with E-state index < -0.39 is 5.97 Å². The minimum absolute atomic E-state index is 0.0970. The molecule has 0 spiro atoms. The second kappa shape index (κ2) is 8.74. The minimum atomic E-state index is -0.467. The van der Waals surface area contributed by atoms with Crippen LogP contribution in [-0.2, 0) is 4.79 Å². The quantitative estimate of drug-likeness (QED) is 0.260. The van der Waals surface area contributed by atoms with Crippen molar-refractivity contribution in [1.82, 2.24) is 0 Å². The van der Waals surface area contributed by atoms with Gasteiger partial charge in [0.05, 0.1) is 0 Å². The van der Waals surface area contributed by atoms with Crippen LogP contribution in [0, 0.1) is 0 Å². The summed E-state index contributed by atoms with van der Waals surface area (Å²) in [5, 5.41) is 1.96. The Hall–Kier alpha value is -3.24. The lowest BCUT2D eigenvalue weighted by Crippen LogP contribution is -2.04. The van der Waals surface area contributed by atoms with Crippen molar-refractivity contribution in [2.45, 2.75) is 0 Å². The first-order valence-corrected chi connectivity index (χ1v) is 8.89. The molecule has 0 bridgehead atoms. The molecule has 0 aliphatic carbocycles. The average Bonchev–Trinajstić information content (AvgIpc) is 3.19. The molecule has 0 unspecified atom stereocenters. The molecule has 0 saturated carbocycles. The van der Waals surface area contributed by atoms with Gasteiger partial charge in [-0.15, -0.1) is 11.3 Å². The molecule has 0 saturated heterocycles. The van der Waals surface area contributed by atoms with E-state index in [0.29, 0.717) is 11.3 Å². The lowest BCUT2D eigenvalue weighted by molar-refractivity contribution is -0.128. The Balaban J connectivity index is 1.58. The van der Waals surface area contributed by atoms with Gasteiger partial charge in [0, 0.05) is 16.5 Å². The van der Waals surface area contributed by atoms with E-state index in [1.54, 1.807) is 47.8 Å². The van der Waals surface area contributed by atoms with E-state index in [1.807, 2.05) is 47.8 Å². The van der Waals surface area contributed by atoms with Gasteiger partial charge in [0.2, 0.25) is 0 Å². The number of hydrogen-bond acceptors (Lipinski definition) is 4. The number of rotatable bonds is 6. The van der Waals surface area contributed by atoms with Crippen molar-refractivity contribution in [3.05, 3.63) is 100 Å². The van der Waals surface area contributed by atoms with E-state index in [-0.39, 0.29) is 5.78 Å². The molecule has 0 aliphatic rings. The standard InChI is InChI=1S/C22H16O3S/c23-21(14-13-20-7-4-16-26-20)18-9-11-19(12-10-18)25-22(24)15-8-17-5-2-1-3-6-17/h1-16H/b14-13-,15-8+. The van der Waals surface area contributed by atoms with Gasteiger partial charge in [0.25, 0.3) is 0 Å². The first-order valence-electron chi connectivity index (χ1n) is 8.02. The van der Waals surface area contributed by atoms with Crippen LogP contribution in [0.25, 0.3) is 12.2 Å². The maximum Gasteiger partial charge on any atom is 0.336 e. The second-order valence-corrected chi connectivity index (χ2v) is 6.38. The molecule has 0 amide bonds. The molecular formula is C22H16O3S. The highest BCUT2D eigenvalue weighted by atomic mass is 32.1.